The smallest absolute Gasteiger partial charge is 0.326 e. The number of nitrogens with one attached hydrogen (secondary N) is 2. The Morgan fingerprint density at radius 1 is 1.25 bits per heavy atom. The Balaban J connectivity index is 2.77. The van der Waals surface area contributed by atoms with Crippen molar-refractivity contribution in [1.82, 2.24) is 5.32 Å². The first-order valence-corrected chi connectivity index (χ1v) is 7.63. The molecule has 3 N–H and O–H groups in total. The molecule has 7 nitrogen and oxygen atoms in total. The molecule has 0 aromatic heterocycles. The van der Waals surface area contributed by atoms with E-state index in [4.69, 9.17) is 5.11 Å². The summed E-state index contributed by atoms with van der Waals surface area (Å²) in [6, 6.07) is 5.25. The molecule has 0 aliphatic heterocycles. The Morgan fingerprint density at radius 3 is 2.20 bits per heavy atom. The minimum Gasteiger partial charge on any atom is -0.480 e. The fraction of sp³-hybridized carbons (Fsp3) is 0.333. The maximum Gasteiger partial charge on any atom is 0.326 e. The van der Waals surface area contributed by atoms with Crippen LogP contribution in [0.2, 0.25) is 0 Å². The van der Waals surface area contributed by atoms with E-state index in [1.54, 1.807) is 12.1 Å². The van der Waals surface area contributed by atoms with E-state index in [0.29, 0.717) is 11.3 Å². The van der Waals surface area contributed by atoms with Crippen LogP contribution in [0.4, 0.5) is 5.69 Å². The normalized spacial score (nSPS) is 12.5. The third-order valence-electron chi connectivity index (χ3n) is 2.37. The molecule has 1 amide bonds. The van der Waals surface area contributed by atoms with Crippen LogP contribution in [0, 0.1) is 0 Å². The van der Waals surface area contributed by atoms with E-state index in [9.17, 15) is 18.0 Å². The van der Waals surface area contributed by atoms with Crippen LogP contribution in [0.3, 0.4) is 0 Å². The van der Waals surface area contributed by atoms with E-state index in [0.717, 1.165) is 6.26 Å². The number of carboxylic acid groups (broad SMARTS) is 1. The summed E-state index contributed by atoms with van der Waals surface area (Å²) in [6.07, 6.45) is 1.16. The minimum absolute atomic E-state index is 0.119. The molecule has 1 aromatic rings. The maximum atomic E-state index is 11.0. The van der Waals surface area contributed by atoms with Gasteiger partial charge in [-0.05, 0) is 17.7 Å². The molecular formula is C12H16N2O5S. The van der Waals surface area contributed by atoms with Gasteiger partial charge in [0.05, 0.1) is 6.26 Å². The molecule has 1 atom stereocenters. The Hall–Kier alpha value is -2.09. The number of amides is 1. The Labute approximate surface area is 117 Å². The lowest BCUT2D eigenvalue weighted by molar-refractivity contribution is -0.141. The summed E-state index contributed by atoms with van der Waals surface area (Å²) in [7, 11) is -3.34. The van der Waals surface area contributed by atoms with Crippen LogP contribution in [0.1, 0.15) is 12.5 Å². The number of anilines is 1. The van der Waals surface area contributed by atoms with Crippen LogP contribution >= 0.6 is 0 Å². The van der Waals surface area contributed by atoms with E-state index in [1.165, 1.54) is 19.1 Å². The number of carbonyl (C=O) groups is 2. The van der Waals surface area contributed by atoms with Crippen LogP contribution in [-0.2, 0) is 26.0 Å². The van der Waals surface area contributed by atoms with Crippen molar-refractivity contribution in [3.8, 4) is 0 Å². The van der Waals surface area contributed by atoms with Gasteiger partial charge in [-0.15, -0.1) is 0 Å². The van der Waals surface area contributed by atoms with Crippen LogP contribution in [-0.4, -0.2) is 37.7 Å². The number of hydrogen-bond donors (Lipinski definition) is 3. The van der Waals surface area contributed by atoms with Gasteiger partial charge in [0.2, 0.25) is 15.9 Å². The highest BCUT2D eigenvalue weighted by Gasteiger charge is 2.18. The van der Waals surface area contributed by atoms with Crippen molar-refractivity contribution in [2.24, 2.45) is 0 Å². The standard InChI is InChI=1S/C12H16N2O5S/c1-8(15)13-11(12(16)17)7-9-3-5-10(6-4-9)14-20(2,18)19/h3-6,11,14H,7H2,1-2H3,(H,13,15)(H,16,17)/t11-/m0/s1. The average Bonchev–Trinajstić information content (AvgIpc) is 2.28. The van der Waals surface area contributed by atoms with E-state index in [1.807, 2.05) is 0 Å². The zero-order valence-corrected chi connectivity index (χ0v) is 11.9. The minimum atomic E-state index is -3.34. The molecular weight excluding hydrogens is 284 g/mol. The number of carboxylic acids is 1. The summed E-state index contributed by atoms with van der Waals surface area (Å²) in [5.41, 5.74) is 1.06. The number of aliphatic carboxylic acids is 1. The van der Waals surface area contributed by atoms with Crippen molar-refractivity contribution in [2.75, 3.05) is 11.0 Å². The van der Waals surface area contributed by atoms with Crippen molar-refractivity contribution in [3.63, 3.8) is 0 Å². The van der Waals surface area contributed by atoms with Crippen molar-refractivity contribution in [2.45, 2.75) is 19.4 Å². The zero-order valence-electron chi connectivity index (χ0n) is 11.1. The van der Waals surface area contributed by atoms with Crippen molar-refractivity contribution in [1.29, 1.82) is 0 Å². The van der Waals surface area contributed by atoms with Gasteiger partial charge in [-0.3, -0.25) is 9.52 Å². The Kier molecular flexibility index (Phi) is 5.09. The largest absolute Gasteiger partial charge is 0.480 e. The number of sulfonamides is 1. The van der Waals surface area contributed by atoms with Crippen LogP contribution in [0.5, 0.6) is 0 Å². The first kappa shape index (κ1) is 16.0. The summed E-state index contributed by atoms with van der Waals surface area (Å²) in [5.74, 6) is -1.55. The quantitative estimate of drug-likeness (QED) is 0.694. The molecule has 0 aliphatic rings. The first-order valence-electron chi connectivity index (χ1n) is 5.74. The van der Waals surface area contributed by atoms with E-state index in [-0.39, 0.29) is 6.42 Å². The molecule has 8 heteroatoms. The molecule has 20 heavy (non-hydrogen) atoms. The van der Waals surface area contributed by atoms with Gasteiger partial charge in [-0.2, -0.15) is 0 Å². The van der Waals surface area contributed by atoms with Gasteiger partial charge in [-0.25, -0.2) is 13.2 Å². The second-order valence-corrected chi connectivity index (χ2v) is 6.12. The Morgan fingerprint density at radius 2 is 1.80 bits per heavy atom. The van der Waals surface area contributed by atoms with Crippen LogP contribution in [0.25, 0.3) is 0 Å². The first-order chi connectivity index (χ1) is 9.17. The molecule has 110 valence electrons. The molecule has 0 aliphatic carbocycles. The predicted octanol–water partition coefficient (Wildman–Crippen LogP) is 0.190. The highest BCUT2D eigenvalue weighted by molar-refractivity contribution is 7.92. The summed E-state index contributed by atoms with van der Waals surface area (Å²) in [4.78, 5) is 21.9. The van der Waals surface area contributed by atoms with Gasteiger partial charge in [0.25, 0.3) is 0 Å². The monoisotopic (exact) mass is 300 g/mol. The molecule has 0 saturated heterocycles. The molecule has 0 saturated carbocycles. The highest BCUT2D eigenvalue weighted by Crippen LogP contribution is 2.12. The third kappa shape index (κ3) is 5.70. The van der Waals surface area contributed by atoms with E-state index >= 15 is 0 Å². The predicted molar refractivity (Wildman–Crippen MR) is 73.9 cm³/mol. The Bertz CT molecular complexity index is 595. The molecule has 1 rings (SSSR count). The third-order valence-corrected chi connectivity index (χ3v) is 2.98. The van der Waals surface area contributed by atoms with Gasteiger partial charge < -0.3 is 10.4 Å². The van der Waals surface area contributed by atoms with Gasteiger partial charge in [-0.1, -0.05) is 12.1 Å². The zero-order chi connectivity index (χ0) is 15.3. The molecule has 0 spiro atoms. The number of carbonyl (C=O) groups excluding carboxylic acids is 1. The summed E-state index contributed by atoms with van der Waals surface area (Å²) in [6.45, 7) is 1.25. The van der Waals surface area contributed by atoms with Crippen LogP contribution in [0.15, 0.2) is 24.3 Å². The van der Waals surface area contributed by atoms with Gasteiger partial charge >= 0.3 is 5.97 Å². The average molecular weight is 300 g/mol. The topological polar surface area (TPSA) is 113 Å². The van der Waals surface area contributed by atoms with Crippen molar-refractivity contribution < 1.29 is 23.1 Å². The molecule has 0 fully saturated rings. The second kappa shape index (κ2) is 6.38. The molecule has 0 bridgehead atoms. The van der Waals surface area contributed by atoms with Gasteiger partial charge in [0.15, 0.2) is 0 Å². The number of hydrogen-bond acceptors (Lipinski definition) is 4. The molecule has 1 aromatic carbocycles. The summed E-state index contributed by atoms with van der Waals surface area (Å²) < 4.78 is 24.4. The van der Waals surface area contributed by atoms with Crippen molar-refractivity contribution in [3.05, 3.63) is 29.8 Å². The fourth-order valence-electron chi connectivity index (χ4n) is 1.60. The van der Waals surface area contributed by atoms with Gasteiger partial charge in [0, 0.05) is 19.0 Å². The SMILES string of the molecule is CC(=O)N[C@@H](Cc1ccc(NS(C)(=O)=O)cc1)C(=O)O. The lowest BCUT2D eigenvalue weighted by Gasteiger charge is -2.13. The van der Waals surface area contributed by atoms with E-state index in [2.05, 4.69) is 10.0 Å². The molecule has 0 unspecified atom stereocenters. The highest BCUT2D eigenvalue weighted by atomic mass is 32.2. The van der Waals surface area contributed by atoms with Crippen molar-refractivity contribution >= 4 is 27.6 Å². The molecule has 0 radical (unpaired) electrons. The number of benzene rings is 1. The van der Waals surface area contributed by atoms with Gasteiger partial charge in [0.1, 0.15) is 6.04 Å². The fourth-order valence-corrected chi connectivity index (χ4v) is 2.17. The second-order valence-electron chi connectivity index (χ2n) is 4.37. The summed E-state index contributed by atoms with van der Waals surface area (Å²) >= 11 is 0. The lowest BCUT2D eigenvalue weighted by Crippen LogP contribution is -2.41. The van der Waals surface area contributed by atoms with Crippen LogP contribution < -0.4 is 10.0 Å². The summed E-state index contributed by atoms with van der Waals surface area (Å²) in [5, 5.41) is 11.3. The maximum absolute atomic E-state index is 11.0. The molecule has 0 heterocycles. The number of rotatable bonds is 6. The van der Waals surface area contributed by atoms with E-state index < -0.39 is 27.9 Å². The lowest BCUT2D eigenvalue weighted by atomic mass is 10.1.